The number of ketones is 1. The summed E-state index contributed by atoms with van der Waals surface area (Å²) < 4.78 is 0. The molecule has 0 aliphatic rings. The predicted octanol–water partition coefficient (Wildman–Crippen LogP) is -1.96. The largest absolute Gasteiger partial charge is 0.394 e. The highest BCUT2D eigenvalue weighted by molar-refractivity contribution is 5.88. The number of hydrogen-bond donors (Lipinski definition) is 5. The molecule has 0 saturated carbocycles. The Bertz CT molecular complexity index is 234. The van der Waals surface area contributed by atoms with Crippen LogP contribution in [-0.4, -0.2) is 62.3 Å². The molecule has 16 heavy (non-hydrogen) atoms. The van der Waals surface area contributed by atoms with E-state index >= 15 is 0 Å². The maximum Gasteiger partial charge on any atom is 0.169 e. The van der Waals surface area contributed by atoms with Crippen LogP contribution in [0.3, 0.4) is 0 Å². The van der Waals surface area contributed by atoms with Crippen molar-refractivity contribution in [1.82, 2.24) is 0 Å². The zero-order chi connectivity index (χ0) is 13.1. The van der Waals surface area contributed by atoms with Crippen LogP contribution in [0.5, 0.6) is 0 Å². The maximum atomic E-state index is 11.6. The molecule has 0 saturated heterocycles. The van der Waals surface area contributed by atoms with Crippen molar-refractivity contribution in [2.45, 2.75) is 45.2 Å². The number of carbonyl (C=O) groups excluding carboxylic acids is 1. The lowest BCUT2D eigenvalue weighted by Gasteiger charge is -2.28. The molecule has 96 valence electrons. The van der Waals surface area contributed by atoms with E-state index in [1.54, 1.807) is 20.8 Å². The summed E-state index contributed by atoms with van der Waals surface area (Å²) in [6.07, 6.45) is -6.99. The Labute approximate surface area is 94.2 Å². The lowest BCUT2D eigenvalue weighted by molar-refractivity contribution is -0.153. The summed E-state index contributed by atoms with van der Waals surface area (Å²) in [5.74, 6) is -0.649. The van der Waals surface area contributed by atoms with E-state index in [1.807, 2.05) is 0 Å². The summed E-state index contributed by atoms with van der Waals surface area (Å²) in [4.78, 5) is 11.6. The average Bonchev–Trinajstić information content (AvgIpc) is 2.22. The van der Waals surface area contributed by atoms with Gasteiger partial charge in [-0.1, -0.05) is 20.8 Å². The van der Waals surface area contributed by atoms with Crippen LogP contribution < -0.4 is 0 Å². The second-order valence-corrected chi connectivity index (χ2v) is 4.79. The highest BCUT2D eigenvalue weighted by atomic mass is 16.4. The fourth-order valence-corrected chi connectivity index (χ4v) is 1.12. The maximum absolute atomic E-state index is 11.6. The molecular formula is C10H20O6. The molecule has 0 aliphatic heterocycles. The third-order valence-corrected chi connectivity index (χ3v) is 2.26. The second kappa shape index (κ2) is 5.70. The van der Waals surface area contributed by atoms with Gasteiger partial charge in [0.15, 0.2) is 5.78 Å². The van der Waals surface area contributed by atoms with Crippen LogP contribution in [0.4, 0.5) is 0 Å². The minimum Gasteiger partial charge on any atom is -0.394 e. The molecule has 4 atom stereocenters. The Kier molecular flexibility index (Phi) is 5.51. The molecule has 0 aromatic carbocycles. The molecule has 0 aromatic heterocycles. The van der Waals surface area contributed by atoms with Crippen molar-refractivity contribution in [3.05, 3.63) is 0 Å². The third kappa shape index (κ3) is 3.80. The molecule has 0 aromatic rings. The lowest BCUT2D eigenvalue weighted by Crippen LogP contribution is -2.51. The van der Waals surface area contributed by atoms with Gasteiger partial charge in [0.25, 0.3) is 0 Å². The van der Waals surface area contributed by atoms with Gasteiger partial charge in [-0.05, 0) is 0 Å². The van der Waals surface area contributed by atoms with Crippen LogP contribution in [0.1, 0.15) is 20.8 Å². The Hall–Kier alpha value is -0.530. The van der Waals surface area contributed by atoms with E-state index < -0.39 is 42.2 Å². The van der Waals surface area contributed by atoms with Gasteiger partial charge in [0.05, 0.1) is 6.61 Å². The molecule has 0 spiro atoms. The van der Waals surface area contributed by atoms with E-state index in [0.29, 0.717) is 0 Å². The van der Waals surface area contributed by atoms with Gasteiger partial charge < -0.3 is 25.5 Å². The van der Waals surface area contributed by atoms with Gasteiger partial charge >= 0.3 is 0 Å². The molecule has 1 unspecified atom stereocenters. The van der Waals surface area contributed by atoms with E-state index in [0.717, 1.165) is 0 Å². The van der Waals surface area contributed by atoms with Gasteiger partial charge in [-0.3, -0.25) is 4.79 Å². The first-order chi connectivity index (χ1) is 7.12. The molecule has 0 fully saturated rings. The topological polar surface area (TPSA) is 118 Å². The van der Waals surface area contributed by atoms with Gasteiger partial charge in [-0.15, -0.1) is 0 Å². The van der Waals surface area contributed by atoms with Crippen molar-refractivity contribution >= 4 is 5.78 Å². The molecule has 0 rings (SSSR count). The van der Waals surface area contributed by atoms with Gasteiger partial charge in [-0.25, -0.2) is 0 Å². The average molecular weight is 236 g/mol. The number of hydrogen-bond acceptors (Lipinski definition) is 6. The number of Topliss-reactive ketones (excluding diaryl/α,β-unsaturated/α-hetero) is 1. The normalized spacial score (nSPS) is 20.0. The highest BCUT2D eigenvalue weighted by Crippen LogP contribution is 2.19. The van der Waals surface area contributed by atoms with Crippen LogP contribution in [0.25, 0.3) is 0 Å². The molecule has 0 radical (unpaired) electrons. The van der Waals surface area contributed by atoms with Gasteiger partial charge in [0.2, 0.25) is 0 Å². The minimum atomic E-state index is -1.83. The van der Waals surface area contributed by atoms with Crippen LogP contribution in [0.15, 0.2) is 0 Å². The molecule has 6 nitrogen and oxygen atoms in total. The van der Waals surface area contributed by atoms with Crippen LogP contribution in [-0.2, 0) is 4.79 Å². The van der Waals surface area contributed by atoms with Gasteiger partial charge in [0, 0.05) is 5.41 Å². The Morgan fingerprint density at radius 2 is 1.50 bits per heavy atom. The summed E-state index contributed by atoms with van der Waals surface area (Å²) in [5.41, 5.74) is -0.871. The van der Waals surface area contributed by atoms with Crippen molar-refractivity contribution in [3.8, 4) is 0 Å². The van der Waals surface area contributed by atoms with E-state index in [-0.39, 0.29) is 0 Å². The van der Waals surface area contributed by atoms with E-state index in [9.17, 15) is 20.1 Å². The van der Waals surface area contributed by atoms with E-state index in [4.69, 9.17) is 10.2 Å². The van der Waals surface area contributed by atoms with Crippen LogP contribution in [0, 0.1) is 5.41 Å². The third-order valence-electron chi connectivity index (χ3n) is 2.26. The van der Waals surface area contributed by atoms with Crippen molar-refractivity contribution in [3.63, 3.8) is 0 Å². The number of carbonyl (C=O) groups is 1. The standard InChI is InChI=1S/C10H20O6/c1-10(2,3)9(16)8(15)7(14)6(13)5(12)4-11/h5-8,11-15H,4H2,1-3H3/t5?,6-,7+,8-/m1/s1. The fourth-order valence-electron chi connectivity index (χ4n) is 1.12. The van der Waals surface area contributed by atoms with Crippen LogP contribution in [0.2, 0.25) is 0 Å². The van der Waals surface area contributed by atoms with Crippen molar-refractivity contribution in [2.75, 3.05) is 6.61 Å². The molecule has 0 aliphatic carbocycles. The summed E-state index contributed by atoms with van der Waals surface area (Å²) >= 11 is 0. The fraction of sp³-hybridized carbons (Fsp3) is 0.900. The Balaban J connectivity index is 4.61. The zero-order valence-corrected chi connectivity index (χ0v) is 9.66. The summed E-state index contributed by atoms with van der Waals surface area (Å²) in [7, 11) is 0. The lowest BCUT2D eigenvalue weighted by atomic mass is 9.84. The molecule has 5 N–H and O–H groups in total. The quantitative estimate of drug-likeness (QED) is 0.378. The number of aliphatic hydroxyl groups is 5. The molecule has 0 bridgehead atoms. The SMILES string of the molecule is CC(C)(C)C(=O)[C@H](O)[C@@H](O)[C@H](O)C(O)CO. The molecular weight excluding hydrogens is 216 g/mol. The molecule has 0 amide bonds. The van der Waals surface area contributed by atoms with E-state index in [1.165, 1.54) is 0 Å². The highest BCUT2D eigenvalue weighted by Gasteiger charge is 2.38. The Morgan fingerprint density at radius 1 is 1.06 bits per heavy atom. The first kappa shape index (κ1) is 15.5. The van der Waals surface area contributed by atoms with Gasteiger partial charge in [-0.2, -0.15) is 0 Å². The molecule has 6 heteroatoms. The smallest absolute Gasteiger partial charge is 0.169 e. The first-order valence-corrected chi connectivity index (χ1v) is 5.00. The second-order valence-electron chi connectivity index (χ2n) is 4.79. The summed E-state index contributed by atoms with van der Waals surface area (Å²) in [6.45, 7) is 3.90. The first-order valence-electron chi connectivity index (χ1n) is 5.00. The summed E-state index contributed by atoms with van der Waals surface area (Å²) in [6, 6.07) is 0. The van der Waals surface area contributed by atoms with E-state index in [2.05, 4.69) is 0 Å². The van der Waals surface area contributed by atoms with Crippen molar-refractivity contribution < 1.29 is 30.3 Å². The number of rotatable bonds is 5. The van der Waals surface area contributed by atoms with Crippen LogP contribution >= 0.6 is 0 Å². The number of aliphatic hydroxyl groups excluding tert-OH is 5. The predicted molar refractivity (Wildman–Crippen MR) is 55.6 cm³/mol. The summed E-state index contributed by atoms with van der Waals surface area (Å²) in [5, 5.41) is 45.8. The van der Waals surface area contributed by atoms with Gasteiger partial charge in [0.1, 0.15) is 24.4 Å². The zero-order valence-electron chi connectivity index (χ0n) is 9.66. The molecule has 0 heterocycles. The Morgan fingerprint density at radius 3 is 1.81 bits per heavy atom. The van der Waals surface area contributed by atoms with Crippen molar-refractivity contribution in [1.29, 1.82) is 0 Å². The monoisotopic (exact) mass is 236 g/mol. The van der Waals surface area contributed by atoms with Crippen molar-refractivity contribution in [2.24, 2.45) is 5.41 Å². The minimum absolute atomic E-state index is 0.649.